The lowest BCUT2D eigenvalue weighted by atomic mass is 10.1. The van der Waals surface area contributed by atoms with E-state index in [2.05, 4.69) is 62.5 Å². The molecular formula is C48H80NO7+. The first kappa shape index (κ1) is 52.5. The maximum absolute atomic E-state index is 12.7. The molecule has 1 N–H and O–H groups in total. The summed E-state index contributed by atoms with van der Waals surface area (Å²) in [7, 11) is 5.50. The fourth-order valence-corrected chi connectivity index (χ4v) is 5.80. The zero-order valence-corrected chi connectivity index (χ0v) is 36.1. The van der Waals surface area contributed by atoms with E-state index in [0.717, 1.165) is 83.5 Å². The first-order valence-corrected chi connectivity index (χ1v) is 21.7. The topological polar surface area (TPSA) is 99.1 Å². The molecule has 0 aromatic carbocycles. The van der Waals surface area contributed by atoms with E-state index in [1.165, 1.54) is 32.1 Å². The molecular weight excluding hydrogens is 703 g/mol. The van der Waals surface area contributed by atoms with Gasteiger partial charge in [0.15, 0.2) is 12.1 Å². The second-order valence-corrected chi connectivity index (χ2v) is 15.3. The maximum Gasteiger partial charge on any atom is 0.362 e. The average Bonchev–Trinajstić information content (AvgIpc) is 3.15. The predicted octanol–water partition coefficient (Wildman–Crippen LogP) is 11.7. The largest absolute Gasteiger partial charge is 0.477 e. The lowest BCUT2D eigenvalue weighted by Gasteiger charge is -2.31. The highest BCUT2D eigenvalue weighted by atomic mass is 16.6. The van der Waals surface area contributed by atoms with Crippen LogP contribution in [0.5, 0.6) is 0 Å². The Bertz CT molecular complexity index is 1190. The van der Waals surface area contributed by atoms with Crippen molar-refractivity contribution in [1.29, 1.82) is 0 Å². The monoisotopic (exact) mass is 783 g/mol. The number of hydrogen-bond donors (Lipinski definition) is 1. The van der Waals surface area contributed by atoms with Crippen LogP contribution in [-0.4, -0.2) is 80.6 Å². The third-order valence-corrected chi connectivity index (χ3v) is 9.14. The highest BCUT2D eigenvalue weighted by Gasteiger charge is 2.31. The fourth-order valence-electron chi connectivity index (χ4n) is 5.80. The highest BCUT2D eigenvalue weighted by molar-refractivity contribution is 5.72. The summed E-state index contributed by atoms with van der Waals surface area (Å²) in [5, 5.41) is 9.62. The lowest BCUT2D eigenvalue weighted by molar-refractivity contribution is -0.887. The third kappa shape index (κ3) is 36.2. The van der Waals surface area contributed by atoms with Crippen LogP contribution in [0.4, 0.5) is 0 Å². The summed E-state index contributed by atoms with van der Waals surface area (Å²) in [6.07, 6.45) is 49.0. The number of rotatable bonds is 37. The number of allylic oxidation sites excluding steroid dienone is 14. The minimum absolute atomic E-state index is 0.0426. The smallest absolute Gasteiger partial charge is 0.362 e. The molecule has 0 saturated carbocycles. The standard InChI is InChI=1S/C48H79NO7/c1-6-8-10-12-14-16-18-20-22-23-24-25-27-29-31-33-35-37-39-47(51)56-44(42-54-41-40-45(48(52)53)49(3,4)5)43-55-46(50)38-36-34-32-30-28-26-21-19-17-15-13-11-9-7-2/h9-12,14-18,20,22-25,44-45H,6-8,13,19,21,26-43H2,1-5H3/p+1/b11-9+,12-10+,16-14+,17-15+,20-18+,23-22+,25-24+. The van der Waals surface area contributed by atoms with E-state index in [1.54, 1.807) is 0 Å². The minimum Gasteiger partial charge on any atom is -0.477 e. The summed E-state index contributed by atoms with van der Waals surface area (Å²) in [6, 6.07) is -0.625. The normalized spacial score (nSPS) is 13.8. The Balaban J connectivity index is 4.45. The quantitative estimate of drug-likeness (QED) is 0.0220. The molecule has 0 spiro atoms. The first-order chi connectivity index (χ1) is 27.1. The maximum atomic E-state index is 12.7. The number of likely N-dealkylation sites (N-methyl/N-ethyl adjacent to an activating group) is 1. The van der Waals surface area contributed by atoms with Gasteiger partial charge in [0.2, 0.25) is 0 Å². The molecule has 0 aliphatic carbocycles. The summed E-state index contributed by atoms with van der Waals surface area (Å²) in [5.74, 6) is -1.52. The van der Waals surface area contributed by atoms with Crippen LogP contribution in [0.2, 0.25) is 0 Å². The molecule has 8 nitrogen and oxygen atoms in total. The van der Waals surface area contributed by atoms with Gasteiger partial charge in [0, 0.05) is 19.3 Å². The summed E-state index contributed by atoms with van der Waals surface area (Å²) >= 11 is 0. The van der Waals surface area contributed by atoms with E-state index in [4.69, 9.17) is 14.2 Å². The molecule has 0 rings (SSSR count). The number of aliphatic carboxylic acids is 1. The SMILES string of the molecule is CC/C=C/C/C=C/CCCCCCCCCC(=O)OCC(COCCC(C(=O)O)[N+](C)(C)C)OC(=O)CCCCCCC/C=C/C=C/C=C/C=C/C=C/CCC. The molecule has 0 fully saturated rings. The van der Waals surface area contributed by atoms with Crippen molar-refractivity contribution >= 4 is 17.9 Å². The molecule has 0 saturated heterocycles. The van der Waals surface area contributed by atoms with Gasteiger partial charge in [-0.1, -0.05) is 157 Å². The molecule has 0 heterocycles. The van der Waals surface area contributed by atoms with Crippen LogP contribution in [0.15, 0.2) is 85.1 Å². The number of carbonyl (C=O) groups excluding carboxylic acids is 2. The molecule has 0 amide bonds. The van der Waals surface area contributed by atoms with Crippen molar-refractivity contribution in [3.63, 3.8) is 0 Å². The Morgan fingerprint density at radius 2 is 1.07 bits per heavy atom. The van der Waals surface area contributed by atoms with Crippen LogP contribution in [-0.2, 0) is 28.6 Å². The highest BCUT2D eigenvalue weighted by Crippen LogP contribution is 2.13. The molecule has 2 unspecified atom stereocenters. The van der Waals surface area contributed by atoms with Crippen LogP contribution >= 0.6 is 0 Å². The van der Waals surface area contributed by atoms with E-state index in [9.17, 15) is 19.5 Å². The van der Waals surface area contributed by atoms with Crippen molar-refractivity contribution in [2.45, 2.75) is 161 Å². The number of ether oxygens (including phenoxy) is 3. The summed E-state index contributed by atoms with van der Waals surface area (Å²) in [5.41, 5.74) is 0. The zero-order chi connectivity index (χ0) is 41.4. The van der Waals surface area contributed by atoms with Gasteiger partial charge >= 0.3 is 17.9 Å². The van der Waals surface area contributed by atoms with Gasteiger partial charge in [-0.3, -0.25) is 9.59 Å². The Hall–Kier alpha value is -3.49. The minimum atomic E-state index is -0.885. The molecule has 0 radical (unpaired) electrons. The van der Waals surface area contributed by atoms with E-state index >= 15 is 0 Å². The van der Waals surface area contributed by atoms with E-state index in [0.29, 0.717) is 19.3 Å². The van der Waals surface area contributed by atoms with Crippen LogP contribution in [0, 0.1) is 0 Å². The summed E-state index contributed by atoms with van der Waals surface area (Å²) in [6.45, 7) is 4.49. The van der Waals surface area contributed by atoms with Crippen molar-refractivity contribution < 1.29 is 38.2 Å². The molecule has 56 heavy (non-hydrogen) atoms. The second-order valence-electron chi connectivity index (χ2n) is 15.3. The number of carboxylic acids is 1. The summed E-state index contributed by atoms with van der Waals surface area (Å²) < 4.78 is 17.2. The van der Waals surface area contributed by atoms with Crippen molar-refractivity contribution in [1.82, 2.24) is 0 Å². The number of quaternary nitrogens is 1. The molecule has 0 aliphatic rings. The number of carboxylic acid groups (broad SMARTS) is 1. The van der Waals surface area contributed by atoms with Gasteiger partial charge in [-0.2, -0.15) is 0 Å². The molecule has 0 bridgehead atoms. The molecule has 8 heteroatoms. The van der Waals surface area contributed by atoms with Crippen molar-refractivity contribution in [2.75, 3.05) is 41.0 Å². The van der Waals surface area contributed by atoms with E-state index < -0.39 is 18.1 Å². The zero-order valence-electron chi connectivity index (χ0n) is 36.1. The number of nitrogens with zero attached hydrogens (tertiary/aromatic N) is 1. The van der Waals surface area contributed by atoms with Crippen LogP contribution in [0.1, 0.15) is 149 Å². The van der Waals surface area contributed by atoms with Crippen molar-refractivity contribution in [3.05, 3.63) is 85.1 Å². The van der Waals surface area contributed by atoms with Gasteiger partial charge in [-0.25, -0.2) is 4.79 Å². The number of carbonyl (C=O) groups is 3. The third-order valence-electron chi connectivity index (χ3n) is 9.14. The van der Waals surface area contributed by atoms with Gasteiger partial charge in [-0.15, -0.1) is 0 Å². The lowest BCUT2D eigenvalue weighted by Crippen LogP contribution is -2.50. The number of unbranched alkanes of at least 4 members (excludes halogenated alkanes) is 13. The van der Waals surface area contributed by atoms with Crippen molar-refractivity contribution in [2.24, 2.45) is 0 Å². The van der Waals surface area contributed by atoms with Gasteiger partial charge < -0.3 is 23.8 Å². The number of hydrogen-bond acceptors (Lipinski definition) is 6. The van der Waals surface area contributed by atoms with Crippen LogP contribution in [0.3, 0.4) is 0 Å². The Morgan fingerprint density at radius 3 is 1.62 bits per heavy atom. The second kappa shape index (κ2) is 38.4. The van der Waals surface area contributed by atoms with E-state index in [1.807, 2.05) is 57.6 Å². The van der Waals surface area contributed by atoms with Crippen LogP contribution in [0.25, 0.3) is 0 Å². The Morgan fingerprint density at radius 1 is 0.571 bits per heavy atom. The van der Waals surface area contributed by atoms with Gasteiger partial charge in [-0.05, 0) is 57.8 Å². The van der Waals surface area contributed by atoms with Gasteiger partial charge in [0.1, 0.15) is 6.61 Å². The predicted molar refractivity (Wildman–Crippen MR) is 233 cm³/mol. The van der Waals surface area contributed by atoms with Gasteiger partial charge in [0.05, 0.1) is 34.4 Å². The molecule has 2 atom stereocenters. The molecule has 318 valence electrons. The average molecular weight is 783 g/mol. The molecule has 0 aromatic heterocycles. The Labute approximate surface area is 342 Å². The first-order valence-electron chi connectivity index (χ1n) is 21.7. The van der Waals surface area contributed by atoms with Crippen LogP contribution < -0.4 is 0 Å². The summed E-state index contributed by atoms with van der Waals surface area (Å²) in [4.78, 5) is 37.0. The molecule has 0 aliphatic heterocycles. The van der Waals surface area contributed by atoms with Gasteiger partial charge in [0.25, 0.3) is 0 Å². The number of esters is 2. The molecule has 0 aromatic rings. The fraction of sp³-hybridized carbons (Fsp3) is 0.646. The van der Waals surface area contributed by atoms with E-state index in [-0.39, 0.29) is 36.2 Å². The Kier molecular flexibility index (Phi) is 36.0. The van der Waals surface area contributed by atoms with Crippen molar-refractivity contribution in [3.8, 4) is 0 Å².